The van der Waals surface area contributed by atoms with E-state index in [1.165, 1.54) is 38.5 Å². The molecule has 2 atom stereocenters. The average molecular weight is 308 g/mol. The standard InChI is InChI=1S/C21H41N/c1-9-17(18-10-11-18)14-21(6,7)13-16(2)12-19(15-22-8)20(3,4)5/h16,19,22H,9-15H2,1-8H3. The Labute approximate surface area is 140 Å². The quantitative estimate of drug-likeness (QED) is 0.500. The normalized spacial score (nSPS) is 18.3. The lowest BCUT2D eigenvalue weighted by molar-refractivity contribution is 0.169. The second kappa shape index (κ2) is 7.99. The molecule has 0 radical (unpaired) electrons. The van der Waals surface area contributed by atoms with Gasteiger partial charge in [0.2, 0.25) is 0 Å². The van der Waals surface area contributed by atoms with E-state index in [2.05, 4.69) is 60.8 Å². The summed E-state index contributed by atoms with van der Waals surface area (Å²) in [5.74, 6) is 1.56. The Bertz CT molecular complexity index is 364. The number of hydrogen-bond acceptors (Lipinski definition) is 1. The lowest BCUT2D eigenvalue weighted by Crippen LogP contribution is -2.32. The van der Waals surface area contributed by atoms with Crippen molar-refractivity contribution in [1.82, 2.24) is 5.32 Å². The molecule has 0 aliphatic heterocycles. The Morgan fingerprint density at radius 1 is 1.14 bits per heavy atom. The van der Waals surface area contributed by atoms with E-state index >= 15 is 0 Å². The largest absolute Gasteiger partial charge is 0.319 e. The summed E-state index contributed by atoms with van der Waals surface area (Å²) in [6.45, 7) is 18.1. The van der Waals surface area contributed by atoms with E-state index in [1.54, 1.807) is 11.1 Å². The predicted molar refractivity (Wildman–Crippen MR) is 100 cm³/mol. The van der Waals surface area contributed by atoms with Gasteiger partial charge in [-0.15, -0.1) is 0 Å². The fourth-order valence-corrected chi connectivity index (χ4v) is 4.07. The molecule has 0 spiro atoms. The van der Waals surface area contributed by atoms with Gasteiger partial charge >= 0.3 is 0 Å². The van der Waals surface area contributed by atoms with Crippen LogP contribution in [0.5, 0.6) is 0 Å². The molecule has 1 fully saturated rings. The highest BCUT2D eigenvalue weighted by molar-refractivity contribution is 5.25. The predicted octanol–water partition coefficient (Wildman–Crippen LogP) is 6.20. The molecule has 1 rings (SSSR count). The van der Waals surface area contributed by atoms with E-state index in [1.807, 2.05) is 0 Å². The van der Waals surface area contributed by atoms with Crippen LogP contribution in [0.15, 0.2) is 11.1 Å². The van der Waals surface area contributed by atoms with Crippen molar-refractivity contribution in [3.05, 3.63) is 11.1 Å². The first kappa shape index (κ1) is 19.7. The van der Waals surface area contributed by atoms with Gasteiger partial charge in [-0.3, -0.25) is 0 Å². The summed E-state index contributed by atoms with van der Waals surface area (Å²) in [6, 6.07) is 0. The first-order valence-corrected chi connectivity index (χ1v) is 9.43. The zero-order valence-electron chi connectivity index (χ0n) is 16.6. The van der Waals surface area contributed by atoms with Gasteiger partial charge in [-0.1, -0.05) is 59.6 Å². The Morgan fingerprint density at radius 2 is 1.73 bits per heavy atom. The van der Waals surface area contributed by atoms with Gasteiger partial charge in [0.15, 0.2) is 0 Å². The summed E-state index contributed by atoms with van der Waals surface area (Å²) in [7, 11) is 2.09. The topological polar surface area (TPSA) is 12.0 Å². The highest BCUT2D eigenvalue weighted by Crippen LogP contribution is 2.42. The van der Waals surface area contributed by atoms with E-state index in [0.29, 0.717) is 10.8 Å². The molecular weight excluding hydrogens is 266 g/mol. The van der Waals surface area contributed by atoms with Crippen LogP contribution in [0.4, 0.5) is 0 Å². The summed E-state index contributed by atoms with van der Waals surface area (Å²) >= 11 is 0. The third kappa shape index (κ3) is 6.86. The maximum atomic E-state index is 3.40. The molecule has 1 N–H and O–H groups in total. The van der Waals surface area contributed by atoms with Crippen LogP contribution >= 0.6 is 0 Å². The molecule has 0 heterocycles. The number of rotatable bonds is 9. The van der Waals surface area contributed by atoms with Crippen molar-refractivity contribution < 1.29 is 0 Å². The average Bonchev–Trinajstić information content (AvgIpc) is 3.17. The van der Waals surface area contributed by atoms with Gasteiger partial charge in [0.05, 0.1) is 0 Å². The molecule has 1 heteroatoms. The van der Waals surface area contributed by atoms with Gasteiger partial charge in [0.1, 0.15) is 0 Å². The molecule has 2 unspecified atom stereocenters. The summed E-state index contributed by atoms with van der Waals surface area (Å²) in [4.78, 5) is 0. The number of nitrogens with one attached hydrogen (secondary N) is 1. The van der Waals surface area contributed by atoms with Gasteiger partial charge in [-0.2, -0.15) is 0 Å². The van der Waals surface area contributed by atoms with Crippen LogP contribution in [0.25, 0.3) is 0 Å². The van der Waals surface area contributed by atoms with Crippen LogP contribution in [-0.2, 0) is 0 Å². The van der Waals surface area contributed by atoms with Crippen LogP contribution < -0.4 is 5.32 Å². The minimum Gasteiger partial charge on any atom is -0.319 e. The second-order valence-electron chi connectivity index (χ2n) is 9.57. The van der Waals surface area contributed by atoms with E-state index < -0.39 is 0 Å². The maximum absolute atomic E-state index is 3.40. The van der Waals surface area contributed by atoms with Crippen molar-refractivity contribution in [2.45, 2.75) is 87.0 Å². The smallest absolute Gasteiger partial charge is 0.00184 e. The molecule has 1 saturated carbocycles. The SMILES string of the molecule is CCC(CC(C)(C)CC(C)CC(CNC)C(C)(C)C)=C1CC1. The van der Waals surface area contributed by atoms with Crippen molar-refractivity contribution in [3.63, 3.8) is 0 Å². The molecule has 1 aliphatic carbocycles. The lowest BCUT2D eigenvalue weighted by Gasteiger charge is -2.35. The fourth-order valence-electron chi connectivity index (χ4n) is 4.07. The van der Waals surface area contributed by atoms with Crippen molar-refractivity contribution in [3.8, 4) is 0 Å². The molecule has 1 aliphatic rings. The van der Waals surface area contributed by atoms with Crippen molar-refractivity contribution in [1.29, 1.82) is 0 Å². The molecule has 1 nitrogen and oxygen atoms in total. The highest BCUT2D eigenvalue weighted by atomic mass is 14.8. The van der Waals surface area contributed by atoms with Crippen LogP contribution in [0, 0.1) is 22.7 Å². The highest BCUT2D eigenvalue weighted by Gasteiger charge is 2.30. The van der Waals surface area contributed by atoms with Gasteiger partial charge in [-0.05, 0) is 74.8 Å². The van der Waals surface area contributed by atoms with Gasteiger partial charge in [0, 0.05) is 0 Å². The molecule has 0 saturated heterocycles. The molecule has 0 aromatic rings. The molecule has 0 amide bonds. The molecule has 22 heavy (non-hydrogen) atoms. The minimum atomic E-state index is 0.395. The lowest BCUT2D eigenvalue weighted by atomic mass is 9.71. The summed E-state index contributed by atoms with van der Waals surface area (Å²) in [6.07, 6.45) is 8.02. The summed E-state index contributed by atoms with van der Waals surface area (Å²) in [5, 5.41) is 3.40. The Hall–Kier alpha value is -0.300. The van der Waals surface area contributed by atoms with Crippen molar-refractivity contribution in [2.75, 3.05) is 13.6 Å². The van der Waals surface area contributed by atoms with Crippen molar-refractivity contribution in [2.24, 2.45) is 22.7 Å². The van der Waals surface area contributed by atoms with E-state index in [4.69, 9.17) is 0 Å². The number of hydrogen-bond donors (Lipinski definition) is 1. The molecule has 0 aromatic heterocycles. The van der Waals surface area contributed by atoms with Gasteiger partial charge in [-0.25, -0.2) is 0 Å². The first-order valence-electron chi connectivity index (χ1n) is 9.43. The van der Waals surface area contributed by atoms with Crippen LogP contribution in [-0.4, -0.2) is 13.6 Å². The molecule has 0 aromatic carbocycles. The summed E-state index contributed by atoms with van der Waals surface area (Å²) < 4.78 is 0. The van der Waals surface area contributed by atoms with Crippen LogP contribution in [0.3, 0.4) is 0 Å². The number of allylic oxidation sites excluding steroid dienone is 2. The second-order valence-corrected chi connectivity index (χ2v) is 9.57. The van der Waals surface area contributed by atoms with E-state index in [9.17, 15) is 0 Å². The Balaban J connectivity index is 2.58. The molecular formula is C21H41N. The summed E-state index contributed by atoms with van der Waals surface area (Å²) in [5.41, 5.74) is 4.37. The van der Waals surface area contributed by atoms with E-state index in [0.717, 1.165) is 18.4 Å². The molecule has 130 valence electrons. The zero-order chi connectivity index (χ0) is 17.0. The van der Waals surface area contributed by atoms with Crippen LogP contribution in [0.1, 0.15) is 87.0 Å². The molecule has 0 bridgehead atoms. The van der Waals surface area contributed by atoms with Crippen LogP contribution in [0.2, 0.25) is 0 Å². The van der Waals surface area contributed by atoms with Crippen molar-refractivity contribution >= 4 is 0 Å². The Kier molecular flexibility index (Phi) is 7.18. The zero-order valence-corrected chi connectivity index (χ0v) is 16.6. The van der Waals surface area contributed by atoms with E-state index in [-0.39, 0.29) is 0 Å². The third-order valence-electron chi connectivity index (χ3n) is 5.38. The minimum absolute atomic E-state index is 0.395. The monoisotopic (exact) mass is 307 g/mol. The maximum Gasteiger partial charge on any atom is -0.00184 e. The Morgan fingerprint density at radius 3 is 2.14 bits per heavy atom. The fraction of sp³-hybridized carbons (Fsp3) is 0.905. The van der Waals surface area contributed by atoms with Gasteiger partial charge in [0.25, 0.3) is 0 Å². The third-order valence-corrected chi connectivity index (χ3v) is 5.38. The van der Waals surface area contributed by atoms with Gasteiger partial charge < -0.3 is 5.32 Å². The first-order chi connectivity index (χ1) is 10.1.